The van der Waals surface area contributed by atoms with Crippen molar-refractivity contribution in [1.82, 2.24) is 9.88 Å². The second kappa shape index (κ2) is 7.97. The molecule has 132 valence electrons. The largest absolute Gasteiger partial charge is 0.330 e. The molecular weight excluding hydrogens is 344 g/mol. The quantitative estimate of drug-likeness (QED) is 0.665. The van der Waals surface area contributed by atoms with Crippen LogP contribution in [0, 0.1) is 6.92 Å². The molecule has 1 amide bonds. The number of rotatable bonds is 6. The molecule has 3 rings (SSSR count). The molecule has 0 bridgehead atoms. The molecule has 4 nitrogen and oxygen atoms in total. The summed E-state index contributed by atoms with van der Waals surface area (Å²) in [4.78, 5) is 30.9. The minimum Gasteiger partial charge on any atom is -0.330 e. The minimum atomic E-state index is -0.380. The van der Waals surface area contributed by atoms with E-state index in [4.69, 9.17) is 0 Å². The van der Waals surface area contributed by atoms with Gasteiger partial charge in [0.25, 0.3) is 11.5 Å². The van der Waals surface area contributed by atoms with Crippen LogP contribution in [0.25, 0.3) is 11.3 Å². The molecule has 5 heteroatoms. The summed E-state index contributed by atoms with van der Waals surface area (Å²) in [6.07, 6.45) is 1.67. The molecular formula is C21H20N2O2S. The van der Waals surface area contributed by atoms with E-state index in [9.17, 15) is 9.59 Å². The van der Waals surface area contributed by atoms with E-state index in [1.165, 1.54) is 0 Å². The summed E-state index contributed by atoms with van der Waals surface area (Å²) in [6, 6.07) is 15.2. The third kappa shape index (κ3) is 4.00. The Bertz CT molecular complexity index is 974. The van der Waals surface area contributed by atoms with Crippen molar-refractivity contribution in [1.29, 1.82) is 0 Å². The zero-order chi connectivity index (χ0) is 18.5. The third-order valence-electron chi connectivity index (χ3n) is 4.03. The molecule has 0 aliphatic carbocycles. The number of amides is 1. The number of nitrogens with one attached hydrogen (secondary N) is 1. The molecule has 26 heavy (non-hydrogen) atoms. The van der Waals surface area contributed by atoms with Gasteiger partial charge in [-0.1, -0.05) is 35.9 Å². The van der Waals surface area contributed by atoms with Gasteiger partial charge in [-0.2, -0.15) is 0 Å². The van der Waals surface area contributed by atoms with Crippen LogP contribution in [0.3, 0.4) is 0 Å². The monoisotopic (exact) mass is 364 g/mol. The average Bonchev–Trinajstić information content (AvgIpc) is 3.14. The molecule has 0 fully saturated rings. The van der Waals surface area contributed by atoms with Crippen LogP contribution in [0.15, 0.2) is 71.4 Å². The van der Waals surface area contributed by atoms with Crippen molar-refractivity contribution in [3.63, 3.8) is 0 Å². The van der Waals surface area contributed by atoms with Gasteiger partial charge in [0.05, 0.1) is 6.54 Å². The Morgan fingerprint density at radius 2 is 2.08 bits per heavy atom. The maximum atomic E-state index is 12.8. The topological polar surface area (TPSA) is 53.2 Å². The first-order valence-electron chi connectivity index (χ1n) is 8.31. The molecule has 0 saturated heterocycles. The van der Waals surface area contributed by atoms with Crippen molar-refractivity contribution in [2.45, 2.75) is 13.5 Å². The lowest BCUT2D eigenvalue weighted by atomic mass is 10.1. The lowest BCUT2D eigenvalue weighted by Gasteiger charge is -2.20. The first kappa shape index (κ1) is 17.9. The van der Waals surface area contributed by atoms with E-state index in [1.54, 1.807) is 34.4 Å². The van der Waals surface area contributed by atoms with Crippen molar-refractivity contribution >= 4 is 17.2 Å². The normalized spacial score (nSPS) is 10.5. The van der Waals surface area contributed by atoms with E-state index >= 15 is 0 Å². The van der Waals surface area contributed by atoms with Gasteiger partial charge >= 0.3 is 0 Å². The fourth-order valence-corrected chi connectivity index (χ4v) is 3.48. The fraction of sp³-hybridized carbons (Fsp3) is 0.143. The first-order chi connectivity index (χ1) is 12.6. The van der Waals surface area contributed by atoms with Gasteiger partial charge < -0.3 is 9.88 Å². The molecule has 0 saturated carbocycles. The summed E-state index contributed by atoms with van der Waals surface area (Å²) >= 11 is 1.58. The van der Waals surface area contributed by atoms with Crippen LogP contribution in [-0.2, 0) is 6.54 Å². The Kier molecular flexibility index (Phi) is 5.49. The standard InChI is InChI=1S/C21H20N2O2S/c1-3-11-23(14-17-8-5-12-26-17)21(25)18-9-10-19(22-20(18)24)16-7-4-6-15(2)13-16/h3-10,12-13H,1,11,14H2,2H3,(H,22,24). The number of aromatic nitrogens is 1. The number of benzene rings is 1. The molecule has 0 spiro atoms. The van der Waals surface area contributed by atoms with E-state index in [-0.39, 0.29) is 17.0 Å². The smallest absolute Gasteiger partial charge is 0.261 e. The van der Waals surface area contributed by atoms with Crippen LogP contribution >= 0.6 is 11.3 Å². The molecule has 1 N–H and O–H groups in total. The van der Waals surface area contributed by atoms with Gasteiger partial charge in [-0.25, -0.2) is 0 Å². The lowest BCUT2D eigenvalue weighted by Crippen LogP contribution is -2.34. The number of nitrogens with zero attached hydrogens (tertiary/aromatic N) is 1. The van der Waals surface area contributed by atoms with Crippen molar-refractivity contribution in [2.24, 2.45) is 0 Å². The highest BCUT2D eigenvalue weighted by Crippen LogP contribution is 2.18. The van der Waals surface area contributed by atoms with Crippen LogP contribution in [0.4, 0.5) is 0 Å². The highest BCUT2D eigenvalue weighted by atomic mass is 32.1. The van der Waals surface area contributed by atoms with Gasteiger partial charge in [0.15, 0.2) is 0 Å². The van der Waals surface area contributed by atoms with Gasteiger partial charge in [0.2, 0.25) is 0 Å². The highest BCUT2D eigenvalue weighted by molar-refractivity contribution is 7.09. The molecule has 2 aromatic heterocycles. The number of thiophene rings is 1. The zero-order valence-electron chi connectivity index (χ0n) is 14.6. The summed E-state index contributed by atoms with van der Waals surface area (Å²) in [6.45, 7) is 6.56. The summed E-state index contributed by atoms with van der Waals surface area (Å²) in [5.41, 5.74) is 2.48. The SMILES string of the molecule is C=CCN(Cc1cccs1)C(=O)c1ccc(-c2cccc(C)c2)[nH]c1=O. The maximum Gasteiger partial charge on any atom is 0.261 e. The van der Waals surface area contributed by atoms with Crippen molar-refractivity contribution in [3.05, 3.63) is 92.9 Å². The Morgan fingerprint density at radius 3 is 2.73 bits per heavy atom. The van der Waals surface area contributed by atoms with E-state index < -0.39 is 0 Å². The number of hydrogen-bond acceptors (Lipinski definition) is 3. The van der Waals surface area contributed by atoms with Crippen LogP contribution in [0.2, 0.25) is 0 Å². The second-order valence-corrected chi connectivity index (χ2v) is 7.07. The molecule has 2 heterocycles. The van der Waals surface area contributed by atoms with Crippen LogP contribution < -0.4 is 5.56 Å². The minimum absolute atomic E-state index is 0.139. The fourth-order valence-electron chi connectivity index (χ4n) is 2.76. The maximum absolute atomic E-state index is 12.8. The first-order valence-corrected chi connectivity index (χ1v) is 9.19. The van der Waals surface area contributed by atoms with Crippen molar-refractivity contribution < 1.29 is 4.79 Å². The summed E-state index contributed by atoms with van der Waals surface area (Å²) in [7, 11) is 0. The Hall–Kier alpha value is -2.92. The van der Waals surface area contributed by atoms with E-state index in [2.05, 4.69) is 11.6 Å². The molecule has 0 radical (unpaired) electrons. The number of carbonyl (C=O) groups is 1. The van der Waals surface area contributed by atoms with E-state index in [1.807, 2.05) is 48.7 Å². The van der Waals surface area contributed by atoms with Crippen LogP contribution in [-0.4, -0.2) is 22.3 Å². The predicted molar refractivity (Wildman–Crippen MR) is 106 cm³/mol. The molecule has 1 aromatic carbocycles. The third-order valence-corrected chi connectivity index (χ3v) is 4.89. The van der Waals surface area contributed by atoms with Crippen LogP contribution in [0.5, 0.6) is 0 Å². The number of carbonyl (C=O) groups excluding carboxylic acids is 1. The Morgan fingerprint density at radius 1 is 1.23 bits per heavy atom. The van der Waals surface area contributed by atoms with E-state index in [0.29, 0.717) is 18.8 Å². The highest BCUT2D eigenvalue weighted by Gasteiger charge is 2.19. The molecule has 0 unspecified atom stereocenters. The Labute approximate surface area is 156 Å². The number of aryl methyl sites for hydroxylation is 1. The number of H-pyrrole nitrogens is 1. The summed E-state index contributed by atoms with van der Waals surface area (Å²) in [5, 5.41) is 1.97. The summed E-state index contributed by atoms with van der Waals surface area (Å²) in [5.74, 6) is -0.296. The summed E-state index contributed by atoms with van der Waals surface area (Å²) < 4.78 is 0. The van der Waals surface area contributed by atoms with Gasteiger partial charge in [0, 0.05) is 17.1 Å². The zero-order valence-corrected chi connectivity index (χ0v) is 15.4. The molecule has 0 atom stereocenters. The average molecular weight is 364 g/mol. The van der Waals surface area contributed by atoms with Crippen molar-refractivity contribution in [2.75, 3.05) is 6.54 Å². The predicted octanol–water partition coefficient (Wildman–Crippen LogP) is 4.24. The van der Waals surface area contributed by atoms with Gasteiger partial charge in [-0.3, -0.25) is 9.59 Å². The lowest BCUT2D eigenvalue weighted by molar-refractivity contribution is 0.0762. The second-order valence-electron chi connectivity index (χ2n) is 6.04. The number of aromatic amines is 1. The van der Waals surface area contributed by atoms with Crippen molar-refractivity contribution in [3.8, 4) is 11.3 Å². The number of pyridine rings is 1. The van der Waals surface area contributed by atoms with Crippen LogP contribution in [0.1, 0.15) is 20.8 Å². The van der Waals surface area contributed by atoms with Gasteiger partial charge in [0.1, 0.15) is 5.56 Å². The molecule has 3 aromatic rings. The van der Waals surface area contributed by atoms with E-state index in [0.717, 1.165) is 16.0 Å². The van der Waals surface area contributed by atoms with Gasteiger partial charge in [-0.05, 0) is 42.1 Å². The van der Waals surface area contributed by atoms with Gasteiger partial charge in [-0.15, -0.1) is 17.9 Å². The Balaban J connectivity index is 1.88. The molecule has 0 aliphatic heterocycles. The number of hydrogen-bond donors (Lipinski definition) is 1. The molecule has 0 aliphatic rings.